The van der Waals surface area contributed by atoms with E-state index in [0.717, 1.165) is 18.2 Å². The number of aliphatic hydroxyl groups excluding tert-OH is 1. The average molecular weight is 242 g/mol. The Kier molecular flexibility index (Phi) is 4.11. The molecule has 0 aromatic heterocycles. The van der Waals surface area contributed by atoms with Crippen molar-refractivity contribution in [2.24, 2.45) is 0 Å². The van der Waals surface area contributed by atoms with Crippen molar-refractivity contribution >= 4 is 11.6 Å². The van der Waals surface area contributed by atoms with Crippen LogP contribution in [0.15, 0.2) is 18.2 Å². The van der Waals surface area contributed by atoms with Gasteiger partial charge in [0.05, 0.1) is 11.0 Å². The lowest BCUT2D eigenvalue weighted by Crippen LogP contribution is -2.31. The molecule has 0 spiro atoms. The van der Waals surface area contributed by atoms with Crippen LogP contribution in [0.4, 0.5) is 10.1 Å². The fraction of sp³-hybridized carbons (Fsp3) is 0.300. The van der Waals surface area contributed by atoms with Crippen molar-refractivity contribution in [3.8, 4) is 0 Å². The van der Waals surface area contributed by atoms with Gasteiger partial charge in [0.15, 0.2) is 0 Å². The number of carbonyl (C=O) groups excluding carboxylic acids is 1. The molecular formula is C10H11FN2O4. The quantitative estimate of drug-likeness (QED) is 0.604. The van der Waals surface area contributed by atoms with Gasteiger partial charge >= 0.3 is 0 Å². The minimum absolute atomic E-state index is 0.0630. The van der Waals surface area contributed by atoms with E-state index < -0.39 is 28.4 Å². The van der Waals surface area contributed by atoms with Gasteiger partial charge in [0.1, 0.15) is 11.4 Å². The number of halogens is 1. The first kappa shape index (κ1) is 13.0. The molecule has 7 heteroatoms. The Labute approximate surface area is 96.2 Å². The van der Waals surface area contributed by atoms with E-state index in [4.69, 9.17) is 5.11 Å². The van der Waals surface area contributed by atoms with E-state index in [1.165, 1.54) is 6.92 Å². The first-order valence-electron chi connectivity index (χ1n) is 4.82. The summed E-state index contributed by atoms with van der Waals surface area (Å²) in [7, 11) is 0. The van der Waals surface area contributed by atoms with Crippen molar-refractivity contribution in [3.05, 3.63) is 39.7 Å². The smallest absolute Gasteiger partial charge is 0.282 e. The predicted octanol–water partition coefficient (Wildman–Crippen LogP) is 0.845. The van der Waals surface area contributed by atoms with Crippen molar-refractivity contribution in [2.45, 2.75) is 13.0 Å². The van der Waals surface area contributed by atoms with E-state index in [1.807, 2.05) is 0 Å². The number of hydrogen-bond acceptors (Lipinski definition) is 4. The lowest BCUT2D eigenvalue weighted by Gasteiger charge is -2.07. The topological polar surface area (TPSA) is 92.5 Å². The highest BCUT2D eigenvalue weighted by molar-refractivity contribution is 5.98. The van der Waals surface area contributed by atoms with Crippen LogP contribution < -0.4 is 5.32 Å². The Bertz CT molecular complexity index is 448. The molecule has 0 fully saturated rings. The Morgan fingerprint density at radius 2 is 2.29 bits per heavy atom. The molecule has 1 amide bonds. The van der Waals surface area contributed by atoms with Crippen molar-refractivity contribution in [1.29, 1.82) is 0 Å². The number of nitro groups is 1. The Morgan fingerprint density at radius 1 is 1.65 bits per heavy atom. The summed E-state index contributed by atoms with van der Waals surface area (Å²) in [6.07, 6.45) is -0.786. The maximum Gasteiger partial charge on any atom is 0.282 e. The van der Waals surface area contributed by atoms with Crippen LogP contribution in [0, 0.1) is 15.9 Å². The zero-order valence-electron chi connectivity index (χ0n) is 9.01. The van der Waals surface area contributed by atoms with Gasteiger partial charge < -0.3 is 10.4 Å². The van der Waals surface area contributed by atoms with Crippen LogP contribution >= 0.6 is 0 Å². The van der Waals surface area contributed by atoms with Crippen molar-refractivity contribution in [3.63, 3.8) is 0 Å². The molecule has 6 nitrogen and oxygen atoms in total. The van der Waals surface area contributed by atoms with E-state index >= 15 is 0 Å². The first-order valence-corrected chi connectivity index (χ1v) is 4.82. The Balaban J connectivity index is 2.98. The highest BCUT2D eigenvalue weighted by atomic mass is 19.1. The maximum atomic E-state index is 12.9. The molecule has 0 radical (unpaired) electrons. The summed E-state index contributed by atoms with van der Waals surface area (Å²) >= 11 is 0. The molecule has 17 heavy (non-hydrogen) atoms. The Hall–Kier alpha value is -2.02. The number of nitrogens with zero attached hydrogens (tertiary/aromatic N) is 1. The van der Waals surface area contributed by atoms with Gasteiger partial charge in [0.2, 0.25) is 0 Å². The van der Waals surface area contributed by atoms with Crippen LogP contribution in [0.1, 0.15) is 17.3 Å². The minimum atomic E-state index is -0.794. The number of carbonyl (C=O) groups is 1. The summed E-state index contributed by atoms with van der Waals surface area (Å²) in [5, 5.41) is 21.8. The summed E-state index contributed by atoms with van der Waals surface area (Å²) in [4.78, 5) is 21.4. The lowest BCUT2D eigenvalue weighted by molar-refractivity contribution is -0.385. The standard InChI is InChI=1S/C10H11FN2O4/c1-6(14)5-12-10(15)8-4-7(11)2-3-9(8)13(16)17/h2-4,6,14H,5H2,1H3,(H,12,15)/t6-/m0/s1. The molecule has 1 aromatic rings. The van der Waals surface area contributed by atoms with Gasteiger partial charge in [-0.1, -0.05) is 0 Å². The van der Waals surface area contributed by atoms with Crippen LogP contribution in [-0.2, 0) is 0 Å². The highest BCUT2D eigenvalue weighted by Gasteiger charge is 2.20. The van der Waals surface area contributed by atoms with Gasteiger partial charge in [-0.25, -0.2) is 4.39 Å². The molecule has 1 aromatic carbocycles. The SMILES string of the molecule is C[C@H](O)CNC(=O)c1cc(F)ccc1[N+](=O)[O-]. The van der Waals surface area contributed by atoms with Gasteiger partial charge in [-0.2, -0.15) is 0 Å². The summed E-state index contributed by atoms with van der Waals surface area (Å²) in [6, 6.07) is 2.62. The van der Waals surface area contributed by atoms with E-state index in [1.54, 1.807) is 0 Å². The summed E-state index contributed by atoms with van der Waals surface area (Å²) < 4.78 is 12.9. The molecule has 1 rings (SSSR count). The number of nitro benzene ring substituents is 1. The van der Waals surface area contributed by atoms with Crippen molar-refractivity contribution in [2.75, 3.05) is 6.54 Å². The lowest BCUT2D eigenvalue weighted by atomic mass is 10.1. The third-order valence-corrected chi connectivity index (χ3v) is 1.96. The predicted molar refractivity (Wildman–Crippen MR) is 57.1 cm³/mol. The largest absolute Gasteiger partial charge is 0.392 e. The zero-order chi connectivity index (χ0) is 13.0. The molecule has 0 aliphatic carbocycles. The number of nitrogens with one attached hydrogen (secondary N) is 1. The third-order valence-electron chi connectivity index (χ3n) is 1.96. The van der Waals surface area contributed by atoms with E-state index in [2.05, 4.69) is 5.32 Å². The van der Waals surface area contributed by atoms with Gasteiger partial charge in [-0.15, -0.1) is 0 Å². The number of amides is 1. The van der Waals surface area contributed by atoms with Gasteiger partial charge in [-0.05, 0) is 19.1 Å². The monoisotopic (exact) mass is 242 g/mol. The van der Waals surface area contributed by atoms with Crippen LogP contribution in [0.5, 0.6) is 0 Å². The molecule has 0 unspecified atom stereocenters. The normalized spacial score (nSPS) is 11.9. The second-order valence-electron chi connectivity index (χ2n) is 3.48. The van der Waals surface area contributed by atoms with Crippen LogP contribution in [0.25, 0.3) is 0 Å². The van der Waals surface area contributed by atoms with Crippen molar-refractivity contribution in [1.82, 2.24) is 5.32 Å². The second kappa shape index (κ2) is 5.35. The zero-order valence-corrected chi connectivity index (χ0v) is 9.01. The van der Waals surface area contributed by atoms with Gasteiger partial charge in [-0.3, -0.25) is 14.9 Å². The average Bonchev–Trinajstić information content (AvgIpc) is 2.25. The Morgan fingerprint density at radius 3 is 2.82 bits per heavy atom. The first-order chi connectivity index (χ1) is 7.91. The summed E-state index contributed by atoms with van der Waals surface area (Å²) in [6.45, 7) is 1.38. The summed E-state index contributed by atoms with van der Waals surface area (Å²) in [5.41, 5.74) is -0.842. The van der Waals surface area contributed by atoms with Crippen LogP contribution in [0.2, 0.25) is 0 Å². The molecule has 0 aliphatic rings. The number of rotatable bonds is 4. The van der Waals surface area contributed by atoms with Crippen LogP contribution in [-0.4, -0.2) is 28.6 Å². The van der Waals surface area contributed by atoms with Crippen LogP contribution in [0.3, 0.4) is 0 Å². The maximum absolute atomic E-state index is 12.9. The fourth-order valence-corrected chi connectivity index (χ4v) is 1.18. The van der Waals surface area contributed by atoms with Crippen molar-refractivity contribution < 1.29 is 19.2 Å². The molecule has 1 atom stereocenters. The molecule has 2 N–H and O–H groups in total. The number of hydrogen-bond donors (Lipinski definition) is 2. The molecule has 0 saturated heterocycles. The molecule has 0 aliphatic heterocycles. The van der Waals surface area contributed by atoms with E-state index in [9.17, 15) is 19.3 Å². The molecular weight excluding hydrogens is 231 g/mol. The van der Waals surface area contributed by atoms with Gasteiger partial charge in [0, 0.05) is 12.6 Å². The number of aliphatic hydroxyl groups is 1. The van der Waals surface area contributed by atoms with E-state index in [-0.39, 0.29) is 12.1 Å². The summed E-state index contributed by atoms with van der Waals surface area (Å²) in [5.74, 6) is -1.53. The molecule has 92 valence electrons. The minimum Gasteiger partial charge on any atom is -0.392 e. The third kappa shape index (κ3) is 3.49. The molecule has 0 heterocycles. The van der Waals surface area contributed by atoms with E-state index in [0.29, 0.717) is 0 Å². The highest BCUT2D eigenvalue weighted by Crippen LogP contribution is 2.19. The fourth-order valence-electron chi connectivity index (χ4n) is 1.18. The second-order valence-corrected chi connectivity index (χ2v) is 3.48. The molecule has 0 bridgehead atoms. The molecule has 0 saturated carbocycles. The van der Waals surface area contributed by atoms with Gasteiger partial charge in [0.25, 0.3) is 11.6 Å². The number of benzene rings is 1.